The molecule has 4 heteroatoms. The first-order valence-corrected chi connectivity index (χ1v) is 9.02. The van der Waals surface area contributed by atoms with Crippen molar-refractivity contribution in [2.24, 2.45) is 0 Å². The molecule has 0 fully saturated rings. The molecule has 0 N–H and O–H groups in total. The van der Waals surface area contributed by atoms with Crippen molar-refractivity contribution >= 4 is 7.85 Å². The Labute approximate surface area is 143 Å². The minimum Gasteiger partial charge on any atom is -0.490 e. The highest BCUT2D eigenvalue weighted by atomic mass is 16.5. The smallest absolute Gasteiger partial charge is 0.203 e. The Balaban J connectivity index is 2.97. The molecule has 0 unspecified atom stereocenters. The van der Waals surface area contributed by atoms with Gasteiger partial charge in [-0.3, -0.25) is 0 Å². The number of hydrogen-bond acceptors (Lipinski definition) is 3. The van der Waals surface area contributed by atoms with Crippen molar-refractivity contribution in [3.8, 4) is 17.2 Å². The van der Waals surface area contributed by atoms with Gasteiger partial charge in [0.1, 0.15) is 0 Å². The summed E-state index contributed by atoms with van der Waals surface area (Å²) < 4.78 is 17.9. The van der Waals surface area contributed by atoms with Crippen molar-refractivity contribution in [3.63, 3.8) is 0 Å². The summed E-state index contributed by atoms with van der Waals surface area (Å²) in [5.74, 6) is 2.23. The molecule has 0 aromatic heterocycles. The van der Waals surface area contributed by atoms with E-state index in [1.54, 1.807) is 0 Å². The fourth-order valence-electron chi connectivity index (χ4n) is 2.08. The Bertz CT molecular complexity index is 404. The normalized spacial score (nSPS) is 10.6. The van der Waals surface area contributed by atoms with E-state index in [9.17, 15) is 0 Å². The van der Waals surface area contributed by atoms with Crippen LogP contribution in [0.5, 0.6) is 17.2 Å². The van der Waals surface area contributed by atoms with Crippen molar-refractivity contribution < 1.29 is 14.2 Å². The maximum absolute atomic E-state index is 5.98. The van der Waals surface area contributed by atoms with E-state index in [2.05, 4.69) is 20.8 Å². The zero-order valence-corrected chi connectivity index (χ0v) is 15.0. The van der Waals surface area contributed by atoms with Gasteiger partial charge in [0.15, 0.2) is 11.5 Å². The molecule has 0 aliphatic carbocycles. The fraction of sp³-hybridized carbons (Fsp3) is 0.684. The van der Waals surface area contributed by atoms with Crippen LogP contribution in [0.1, 0.15) is 64.9 Å². The van der Waals surface area contributed by atoms with Gasteiger partial charge in [0, 0.05) is 0 Å². The van der Waals surface area contributed by atoms with E-state index in [4.69, 9.17) is 22.1 Å². The lowest BCUT2D eigenvalue weighted by atomic mass is 9.96. The van der Waals surface area contributed by atoms with Gasteiger partial charge in [0.05, 0.1) is 27.7 Å². The molecule has 0 aliphatic heterocycles. The van der Waals surface area contributed by atoms with Gasteiger partial charge in [0.25, 0.3) is 0 Å². The number of rotatable bonds is 13. The van der Waals surface area contributed by atoms with E-state index in [1.807, 2.05) is 12.1 Å². The number of hydrogen-bond donors (Lipinski definition) is 0. The molecule has 0 saturated carbocycles. The lowest BCUT2D eigenvalue weighted by Gasteiger charge is -2.18. The van der Waals surface area contributed by atoms with E-state index in [1.165, 1.54) is 0 Å². The summed E-state index contributed by atoms with van der Waals surface area (Å²) in [6, 6.07) is 3.95. The molecule has 0 aliphatic rings. The number of ether oxygens (including phenoxy) is 3. The highest BCUT2D eigenvalue weighted by Crippen LogP contribution is 2.39. The molecule has 1 rings (SSSR count). The van der Waals surface area contributed by atoms with Crippen molar-refractivity contribution in [2.75, 3.05) is 19.8 Å². The van der Waals surface area contributed by atoms with E-state index in [0.717, 1.165) is 61.3 Å². The van der Waals surface area contributed by atoms with E-state index in [0.29, 0.717) is 26.1 Å². The van der Waals surface area contributed by atoms with Crippen molar-refractivity contribution in [2.45, 2.75) is 65.6 Å². The van der Waals surface area contributed by atoms with Crippen LogP contribution in [-0.2, 0) is 6.32 Å². The van der Waals surface area contributed by atoms with Crippen LogP contribution in [0.4, 0.5) is 0 Å². The molecule has 128 valence electrons. The highest BCUT2D eigenvalue weighted by molar-refractivity contribution is 6.08. The highest BCUT2D eigenvalue weighted by Gasteiger charge is 2.15. The zero-order valence-electron chi connectivity index (χ0n) is 15.0. The average molecular weight is 318 g/mol. The second kappa shape index (κ2) is 12.1. The Morgan fingerprint density at radius 2 is 1.17 bits per heavy atom. The molecule has 23 heavy (non-hydrogen) atoms. The quantitative estimate of drug-likeness (QED) is 0.383. The Morgan fingerprint density at radius 3 is 1.57 bits per heavy atom. The van der Waals surface area contributed by atoms with Crippen LogP contribution in [0.3, 0.4) is 0 Å². The van der Waals surface area contributed by atoms with Gasteiger partial charge in [-0.2, -0.15) is 0 Å². The first-order chi connectivity index (χ1) is 11.3. The standard InChI is InChI=1S/C19H31BO3/c1-4-7-10-21-17-13-16(15-20)14-18(22-11-8-5-2)19(17)23-12-9-6-3/h13-14H,4-12,15H2,1-3H3. The van der Waals surface area contributed by atoms with Gasteiger partial charge in [-0.05, 0) is 37.0 Å². The molecule has 2 radical (unpaired) electrons. The lowest BCUT2D eigenvalue weighted by molar-refractivity contribution is 0.237. The molecule has 0 amide bonds. The first-order valence-electron chi connectivity index (χ1n) is 9.02. The number of unbranched alkanes of at least 4 members (excludes halogenated alkanes) is 3. The van der Waals surface area contributed by atoms with Crippen LogP contribution < -0.4 is 14.2 Å². The van der Waals surface area contributed by atoms with Crippen LogP contribution in [0.25, 0.3) is 0 Å². The molecular weight excluding hydrogens is 287 g/mol. The third-order valence-corrected chi connectivity index (χ3v) is 3.57. The molecule has 1 aromatic rings. The second-order valence-corrected chi connectivity index (χ2v) is 5.73. The third-order valence-electron chi connectivity index (χ3n) is 3.57. The third kappa shape index (κ3) is 7.19. The summed E-state index contributed by atoms with van der Waals surface area (Å²) >= 11 is 0. The number of benzene rings is 1. The van der Waals surface area contributed by atoms with Gasteiger partial charge >= 0.3 is 0 Å². The van der Waals surface area contributed by atoms with Crippen LogP contribution in [0, 0.1) is 0 Å². The van der Waals surface area contributed by atoms with Crippen LogP contribution >= 0.6 is 0 Å². The Kier molecular flexibility index (Phi) is 10.4. The molecule has 0 spiro atoms. The molecule has 0 heterocycles. The average Bonchev–Trinajstić information content (AvgIpc) is 2.57. The van der Waals surface area contributed by atoms with Crippen LogP contribution in [0.15, 0.2) is 12.1 Å². The summed E-state index contributed by atoms with van der Waals surface area (Å²) in [6.45, 7) is 8.49. The topological polar surface area (TPSA) is 27.7 Å². The molecule has 0 atom stereocenters. The maximum atomic E-state index is 5.98. The van der Waals surface area contributed by atoms with Gasteiger partial charge in [-0.15, -0.1) is 0 Å². The summed E-state index contributed by atoms with van der Waals surface area (Å²) in [4.78, 5) is 0. The predicted molar refractivity (Wildman–Crippen MR) is 97.1 cm³/mol. The minimum atomic E-state index is 0.462. The summed E-state index contributed by atoms with van der Waals surface area (Å²) in [7, 11) is 5.82. The van der Waals surface area contributed by atoms with Crippen molar-refractivity contribution in [1.82, 2.24) is 0 Å². The summed E-state index contributed by atoms with van der Waals surface area (Å²) in [5.41, 5.74) is 1.01. The molecule has 1 aromatic carbocycles. The van der Waals surface area contributed by atoms with Crippen LogP contribution in [0.2, 0.25) is 0 Å². The largest absolute Gasteiger partial charge is 0.490 e. The Hall–Kier alpha value is -1.32. The molecular formula is C19H31BO3. The second-order valence-electron chi connectivity index (χ2n) is 5.73. The molecule has 3 nitrogen and oxygen atoms in total. The monoisotopic (exact) mass is 318 g/mol. The van der Waals surface area contributed by atoms with Crippen LogP contribution in [-0.4, -0.2) is 27.7 Å². The SMILES string of the molecule is [B]Cc1cc(OCCCC)c(OCCCC)c(OCCCC)c1. The molecule has 0 saturated heterocycles. The van der Waals surface area contributed by atoms with Gasteiger partial charge in [-0.25, -0.2) is 0 Å². The summed E-state index contributed by atoms with van der Waals surface area (Å²) in [5, 5.41) is 0. The Morgan fingerprint density at radius 1 is 0.739 bits per heavy atom. The van der Waals surface area contributed by atoms with Gasteiger partial charge < -0.3 is 14.2 Å². The first kappa shape index (κ1) is 19.7. The van der Waals surface area contributed by atoms with E-state index in [-0.39, 0.29) is 0 Å². The minimum absolute atomic E-state index is 0.462. The summed E-state index contributed by atoms with van der Waals surface area (Å²) in [6.07, 6.45) is 6.81. The van der Waals surface area contributed by atoms with Crippen molar-refractivity contribution in [1.29, 1.82) is 0 Å². The zero-order chi connectivity index (χ0) is 16.9. The van der Waals surface area contributed by atoms with E-state index >= 15 is 0 Å². The predicted octanol–water partition coefficient (Wildman–Crippen LogP) is 4.89. The van der Waals surface area contributed by atoms with Gasteiger partial charge in [0.2, 0.25) is 5.75 Å². The van der Waals surface area contributed by atoms with Gasteiger partial charge in [-0.1, -0.05) is 46.4 Å². The fourth-order valence-corrected chi connectivity index (χ4v) is 2.08. The maximum Gasteiger partial charge on any atom is 0.203 e. The van der Waals surface area contributed by atoms with Crippen molar-refractivity contribution in [3.05, 3.63) is 17.7 Å². The lowest BCUT2D eigenvalue weighted by Crippen LogP contribution is -2.06. The molecule has 0 bridgehead atoms. The van der Waals surface area contributed by atoms with E-state index < -0.39 is 0 Å².